The number of rotatable bonds is 9. The van der Waals surface area contributed by atoms with Crippen molar-refractivity contribution in [2.45, 2.75) is 30.7 Å². The molecule has 15 aromatic carbocycles. The number of halogens is 7. The highest BCUT2D eigenvalue weighted by Crippen LogP contribution is 2.54. The normalized spacial score (nSPS) is 15.2. The van der Waals surface area contributed by atoms with E-state index in [1.807, 2.05) is 79.4 Å². The monoisotopic (exact) mass is 2150 g/mol. The Morgan fingerprint density at radius 1 is 0.331 bits per heavy atom. The van der Waals surface area contributed by atoms with E-state index >= 15 is 0 Å². The Kier molecular flexibility index (Phi) is 19.9. The highest BCUT2D eigenvalue weighted by atomic mass is 79.9. The van der Waals surface area contributed by atoms with E-state index in [4.69, 9.17) is 31.4 Å². The van der Waals surface area contributed by atoms with Gasteiger partial charge in [0.25, 0.3) is 11.4 Å². The van der Waals surface area contributed by atoms with Gasteiger partial charge in [-0.25, -0.2) is 9.97 Å². The first kappa shape index (κ1) is 81.0. The number of nitrogens with one attached hydrogen (secondary N) is 10. The highest BCUT2D eigenvalue weighted by Gasteiger charge is 2.42. The van der Waals surface area contributed by atoms with Gasteiger partial charge in [0.05, 0.1) is 44.0 Å². The van der Waals surface area contributed by atoms with Crippen molar-refractivity contribution in [3.63, 3.8) is 0 Å². The van der Waals surface area contributed by atoms with Crippen molar-refractivity contribution in [3.8, 4) is 45.0 Å². The molecule has 0 spiro atoms. The molecule has 0 saturated carbocycles. The van der Waals surface area contributed by atoms with Crippen molar-refractivity contribution in [1.82, 2.24) is 55.5 Å². The Hall–Kier alpha value is -13.5. The maximum absolute atomic E-state index is 11.4. The number of nitrogen functional groups attached to an aromatic ring is 2. The number of hydrogen-bond donors (Lipinski definition) is 12. The predicted octanol–water partition coefficient (Wildman–Crippen LogP) is 28.4. The summed E-state index contributed by atoms with van der Waals surface area (Å²) in [6, 6.07) is 79.6. The van der Waals surface area contributed by atoms with Gasteiger partial charge in [0.2, 0.25) is 0 Å². The van der Waals surface area contributed by atoms with E-state index in [0.29, 0.717) is 12.4 Å². The van der Waals surface area contributed by atoms with E-state index in [1.54, 1.807) is 24.3 Å². The number of H-pyrrole nitrogens is 7. The first-order valence-corrected chi connectivity index (χ1v) is 46.9. The summed E-state index contributed by atoms with van der Waals surface area (Å²) < 4.78 is 7.23. The van der Waals surface area contributed by atoms with Crippen LogP contribution in [-0.2, 0) is 6.54 Å². The van der Waals surface area contributed by atoms with Gasteiger partial charge in [-0.1, -0.05) is 166 Å². The first-order valence-electron chi connectivity index (χ1n) is 41.4. The second-order valence-electron chi connectivity index (χ2n) is 32.6. The van der Waals surface area contributed by atoms with E-state index in [0.717, 1.165) is 203 Å². The quantitative estimate of drug-likeness (QED) is 0.0279. The van der Waals surface area contributed by atoms with E-state index in [2.05, 4.69) is 320 Å². The number of non-ortho nitro benzene ring substituents is 2. The molecule has 29 heteroatoms. The number of benzene rings is 15. The van der Waals surface area contributed by atoms with Crippen LogP contribution in [0.3, 0.4) is 0 Å². The third kappa shape index (κ3) is 14.1. The van der Waals surface area contributed by atoms with Crippen LogP contribution in [-0.4, -0.2) is 66.4 Å². The van der Waals surface area contributed by atoms with Gasteiger partial charge in [-0.15, -0.1) is 0 Å². The SMILES string of the molecule is Brc1ccc2[nH]cc(-c3nc4c5cc(Br)ccc5c5ccc(Br)cc5c4[nH]3)c2c1.Brc1ccc2[nH]cc(CNc3ccc4c5ccccc5c5[nH]c(-c6c[nH]c7ccc(Br)cc67)nc5c4c3)c2c1.Nc1ccc2c(c1)C1N=C(c3c[nH]c4ccc(Br)cc34)NC1c1cc(N)ccc1-2.O=[N+]([O-])c1ccc2c(c1)C1N=C(c3c[nH]c4ccc(Br)cc34)NC1c1cc([N+](=O)[O-])ccc1-2. The molecule has 22 aromatic rings. The number of nitrogens with zero attached hydrogens (tertiary/aromatic N) is 6. The zero-order chi connectivity index (χ0) is 88.3. The molecule has 0 radical (unpaired) electrons. The topological polar surface area (TPSA) is 335 Å². The molecule has 22 nitrogen and oxygen atoms in total. The number of aliphatic imine (C=N–C) groups is 2. The maximum Gasteiger partial charge on any atom is 0.269 e. The Labute approximate surface area is 795 Å². The second-order valence-corrected chi connectivity index (χ2v) is 39.0. The van der Waals surface area contributed by atoms with E-state index < -0.39 is 15.9 Å². The lowest BCUT2D eigenvalue weighted by molar-refractivity contribution is -0.385. The Morgan fingerprint density at radius 2 is 0.685 bits per heavy atom. The fourth-order valence-corrected chi connectivity index (χ4v) is 21.6. The van der Waals surface area contributed by atoms with Crippen molar-refractivity contribution in [1.29, 1.82) is 0 Å². The molecule has 4 aliphatic rings. The Balaban J connectivity index is 0.0000000995. The lowest BCUT2D eigenvalue weighted by Gasteiger charge is -2.30. The molecule has 2 aliphatic heterocycles. The van der Waals surface area contributed by atoms with Crippen molar-refractivity contribution >= 4 is 271 Å². The molecule has 26 rings (SSSR count). The van der Waals surface area contributed by atoms with Crippen LogP contribution >= 0.6 is 112 Å². The summed E-state index contributed by atoms with van der Waals surface area (Å²) in [4.78, 5) is 66.3. The number of nitrogens with two attached hydrogens (primary N) is 2. The van der Waals surface area contributed by atoms with Crippen LogP contribution in [0.5, 0.6) is 0 Å². The summed E-state index contributed by atoms with van der Waals surface area (Å²) in [7, 11) is 0. The number of nitro benzene ring substituents is 2. The van der Waals surface area contributed by atoms with Gasteiger partial charge < -0.3 is 62.3 Å². The van der Waals surface area contributed by atoms with Crippen molar-refractivity contribution in [3.05, 3.63) is 364 Å². The number of fused-ring (bicyclic) bond motifs is 29. The van der Waals surface area contributed by atoms with E-state index in [1.165, 1.54) is 66.7 Å². The van der Waals surface area contributed by atoms with E-state index in [9.17, 15) is 20.2 Å². The molecular formula is C101H65Br7N18O4. The molecule has 4 unspecified atom stereocenters. The minimum absolute atomic E-state index is 0.0101. The lowest BCUT2D eigenvalue weighted by Crippen LogP contribution is -2.27. The predicted molar refractivity (Wildman–Crippen MR) is 549 cm³/mol. The molecule has 130 heavy (non-hydrogen) atoms. The van der Waals surface area contributed by atoms with Crippen LogP contribution in [0.15, 0.2) is 315 Å². The van der Waals surface area contributed by atoms with E-state index in [-0.39, 0.29) is 29.5 Å². The van der Waals surface area contributed by atoms with Gasteiger partial charge in [-0.3, -0.25) is 30.2 Å². The third-order valence-electron chi connectivity index (χ3n) is 25.0. The van der Waals surface area contributed by atoms with Gasteiger partial charge in [-0.05, 0) is 235 Å². The van der Waals surface area contributed by atoms with Gasteiger partial charge in [0.1, 0.15) is 35.4 Å². The van der Waals surface area contributed by atoms with Gasteiger partial charge in [0, 0.05) is 208 Å². The highest BCUT2D eigenvalue weighted by molar-refractivity contribution is 9.11. The smallest absolute Gasteiger partial charge is 0.269 e. The van der Waals surface area contributed by atoms with Crippen LogP contribution in [0.4, 0.5) is 28.4 Å². The third-order valence-corrected chi connectivity index (χ3v) is 28.5. The van der Waals surface area contributed by atoms with Crippen molar-refractivity contribution in [2.24, 2.45) is 9.98 Å². The van der Waals surface area contributed by atoms with Crippen LogP contribution in [0, 0.1) is 20.2 Å². The molecule has 0 amide bonds. The summed E-state index contributed by atoms with van der Waals surface area (Å²) in [5, 5.41) is 48.6. The number of aromatic nitrogens is 9. The molecular weight excluding hydrogens is 2090 g/mol. The average Bonchev–Trinajstić information content (AvgIpc) is 1.31. The number of nitro groups is 2. The number of hydrogen-bond acceptors (Lipinski definition) is 13. The molecule has 7 aromatic heterocycles. The molecule has 0 bridgehead atoms. The second kappa shape index (κ2) is 32.0. The number of anilines is 3. The maximum atomic E-state index is 11.4. The van der Waals surface area contributed by atoms with Crippen molar-refractivity contribution in [2.75, 3.05) is 16.8 Å². The molecule has 4 atom stereocenters. The number of amidine groups is 2. The largest absolute Gasteiger partial charge is 0.399 e. The fourth-order valence-electron chi connectivity index (χ4n) is 19.1. The van der Waals surface area contributed by atoms with Gasteiger partial charge in [-0.2, -0.15) is 0 Å². The minimum Gasteiger partial charge on any atom is -0.399 e. The first-order chi connectivity index (χ1) is 63.2. The fraction of sp³-hybridized carbons (Fsp3) is 0.0495. The van der Waals surface area contributed by atoms with Crippen LogP contribution in [0.25, 0.3) is 165 Å². The summed E-state index contributed by atoms with van der Waals surface area (Å²) in [6.45, 7) is 0.717. The summed E-state index contributed by atoms with van der Waals surface area (Å²) in [5.74, 6) is 3.23. The zero-order valence-electron chi connectivity index (χ0n) is 67.6. The molecule has 2 aliphatic carbocycles. The Morgan fingerprint density at radius 3 is 1.18 bits per heavy atom. The Bertz CT molecular complexity index is 8600. The van der Waals surface area contributed by atoms with Crippen LogP contribution < -0.4 is 27.4 Å². The minimum atomic E-state index is -0.457. The number of aromatic amines is 7. The van der Waals surface area contributed by atoms with Gasteiger partial charge in [0.15, 0.2) is 0 Å². The molecule has 14 N–H and O–H groups in total. The standard InChI is InChI=1S/C32H21Br2N5.C23H12Br3N3.C23H14BrN5O4.C23H18BrN5/c33-18-5-9-28-24(11-18)17(15-36-28)14-35-20-7-8-22-21-3-1-2-4-23(21)30-31(26(22)13-20)39-32(38-30)27-16-37-29-10-6-19(34)12-25(27)29;24-11-1-4-14-15-5-2-12(25)9-18(15)22-21(17(14)8-11)28-23(29-22)19-10-27-20-6-3-13(26)7-16(19)20;24-11-1-6-20-16(7-11)19(10-25-20)23-26-21-17-8-12(28(30)31)2-4-14(17)15-5-3-13(29(32)33)9-18(15)22(21)27-23;24-11-1-6-20-16(7-11)19(10-27-20)23-28-21-17-8-12(25)2-4-14(17)15-5-3-13(26)9-18(15)22(21)29-23/h1-13,15-16,35-37H,14H2,(H,38,39);1-10,27H,(H,28,29);1-10,21-22,25H,(H,26,27);1-10,21-22,27H,25-26H2,(H,28,29). The molecule has 632 valence electrons. The molecule has 0 saturated heterocycles. The number of imidazole rings is 2. The van der Waals surface area contributed by atoms with Gasteiger partial charge >= 0.3 is 0 Å². The van der Waals surface area contributed by atoms with Crippen LogP contribution in [0.2, 0.25) is 0 Å². The summed E-state index contributed by atoms with van der Waals surface area (Å²) in [6.07, 6.45) is 10.0. The molecule has 9 heterocycles. The molecule has 0 fully saturated rings. The lowest BCUT2D eigenvalue weighted by atomic mass is 9.79. The zero-order valence-corrected chi connectivity index (χ0v) is 78.7. The van der Waals surface area contributed by atoms with Crippen molar-refractivity contribution < 1.29 is 9.85 Å². The average molecular weight is 2150 g/mol. The van der Waals surface area contributed by atoms with Crippen LogP contribution in [0.1, 0.15) is 63.1 Å². The summed E-state index contributed by atoms with van der Waals surface area (Å²) >= 11 is 25.1. The summed E-state index contributed by atoms with van der Waals surface area (Å²) in [5.41, 5.74) is 37.2.